The molecule has 0 unspecified atom stereocenters. The molecule has 0 amide bonds. The SMILES string of the molecule is CC1=C[C@]23OC(C)(C)C[C@@]2(C)C[C@H](C)C3=CC1=O. The first-order valence-corrected chi connectivity index (χ1v) is 6.85. The van der Waals surface area contributed by atoms with E-state index in [1.807, 2.05) is 13.0 Å². The highest BCUT2D eigenvalue weighted by Gasteiger charge is 2.65. The molecule has 1 heterocycles. The van der Waals surface area contributed by atoms with Gasteiger partial charge in [-0.1, -0.05) is 13.8 Å². The van der Waals surface area contributed by atoms with Crippen molar-refractivity contribution in [3.8, 4) is 0 Å². The van der Waals surface area contributed by atoms with E-state index in [0.717, 1.165) is 18.4 Å². The smallest absolute Gasteiger partial charge is 0.181 e. The summed E-state index contributed by atoms with van der Waals surface area (Å²) in [5.74, 6) is 0.597. The van der Waals surface area contributed by atoms with Crippen molar-refractivity contribution in [2.45, 2.75) is 58.7 Å². The molecule has 1 aliphatic heterocycles. The topological polar surface area (TPSA) is 26.3 Å². The third-order valence-corrected chi connectivity index (χ3v) is 4.96. The van der Waals surface area contributed by atoms with Crippen LogP contribution in [-0.4, -0.2) is 17.0 Å². The van der Waals surface area contributed by atoms with E-state index in [1.54, 1.807) is 0 Å². The van der Waals surface area contributed by atoms with Crippen LogP contribution in [0, 0.1) is 11.3 Å². The van der Waals surface area contributed by atoms with Gasteiger partial charge in [-0.25, -0.2) is 0 Å². The summed E-state index contributed by atoms with van der Waals surface area (Å²) in [7, 11) is 0. The van der Waals surface area contributed by atoms with Gasteiger partial charge in [0, 0.05) is 5.41 Å². The minimum Gasteiger partial charge on any atom is -0.360 e. The molecule has 1 saturated heterocycles. The molecule has 0 aromatic carbocycles. The van der Waals surface area contributed by atoms with Crippen molar-refractivity contribution < 1.29 is 9.53 Å². The van der Waals surface area contributed by atoms with Crippen molar-refractivity contribution in [3.63, 3.8) is 0 Å². The van der Waals surface area contributed by atoms with E-state index in [0.29, 0.717) is 5.92 Å². The first-order valence-electron chi connectivity index (χ1n) is 6.85. The number of hydrogen-bond acceptors (Lipinski definition) is 2. The van der Waals surface area contributed by atoms with Crippen LogP contribution in [0.15, 0.2) is 23.3 Å². The highest BCUT2D eigenvalue weighted by atomic mass is 16.5. The molecular weight excluding hydrogens is 224 g/mol. The minimum atomic E-state index is -0.325. The zero-order valence-electron chi connectivity index (χ0n) is 12.0. The Balaban J connectivity index is 2.20. The van der Waals surface area contributed by atoms with E-state index in [2.05, 4.69) is 33.8 Å². The summed E-state index contributed by atoms with van der Waals surface area (Å²) in [6.45, 7) is 10.8. The molecule has 1 spiro atoms. The van der Waals surface area contributed by atoms with Crippen LogP contribution in [0.1, 0.15) is 47.5 Å². The van der Waals surface area contributed by atoms with Gasteiger partial charge in [-0.3, -0.25) is 4.79 Å². The number of allylic oxidation sites excluding steroid dienone is 2. The predicted octanol–water partition coefficient (Wildman–Crippen LogP) is 3.43. The van der Waals surface area contributed by atoms with Crippen LogP contribution in [0.3, 0.4) is 0 Å². The van der Waals surface area contributed by atoms with E-state index in [4.69, 9.17) is 4.74 Å². The molecule has 2 fully saturated rings. The summed E-state index contributed by atoms with van der Waals surface area (Å²) in [5.41, 5.74) is 1.73. The third kappa shape index (κ3) is 1.30. The second-order valence-electron chi connectivity index (χ2n) is 7.23. The normalized spacial score (nSPS) is 45.4. The third-order valence-electron chi connectivity index (χ3n) is 4.96. The van der Waals surface area contributed by atoms with Crippen LogP contribution in [0.4, 0.5) is 0 Å². The van der Waals surface area contributed by atoms with Crippen molar-refractivity contribution in [1.29, 1.82) is 0 Å². The van der Waals surface area contributed by atoms with Crippen LogP contribution in [0.5, 0.6) is 0 Å². The predicted molar refractivity (Wildman–Crippen MR) is 71.2 cm³/mol. The van der Waals surface area contributed by atoms with Crippen molar-refractivity contribution in [2.75, 3.05) is 0 Å². The quantitative estimate of drug-likeness (QED) is 0.654. The molecule has 3 rings (SSSR count). The summed E-state index contributed by atoms with van der Waals surface area (Å²) in [4.78, 5) is 11.9. The van der Waals surface area contributed by atoms with Crippen molar-refractivity contribution in [2.24, 2.45) is 11.3 Å². The number of carbonyl (C=O) groups is 1. The maximum atomic E-state index is 11.9. The second-order valence-corrected chi connectivity index (χ2v) is 7.23. The van der Waals surface area contributed by atoms with E-state index in [-0.39, 0.29) is 22.4 Å². The van der Waals surface area contributed by atoms with Gasteiger partial charge < -0.3 is 4.74 Å². The van der Waals surface area contributed by atoms with Crippen LogP contribution < -0.4 is 0 Å². The molecule has 2 heteroatoms. The summed E-state index contributed by atoms with van der Waals surface area (Å²) in [6.07, 6.45) is 6.11. The maximum Gasteiger partial charge on any atom is 0.181 e. The van der Waals surface area contributed by atoms with Gasteiger partial charge in [0.1, 0.15) is 5.60 Å². The molecule has 0 aromatic heterocycles. The highest BCUT2D eigenvalue weighted by Crippen LogP contribution is 2.65. The summed E-state index contributed by atoms with van der Waals surface area (Å²) < 4.78 is 6.46. The van der Waals surface area contributed by atoms with Gasteiger partial charge in [0.05, 0.1) is 5.60 Å². The molecule has 0 N–H and O–H groups in total. The average Bonchev–Trinajstić information content (AvgIpc) is 2.48. The molecule has 2 aliphatic carbocycles. The molecule has 3 aliphatic rings. The maximum absolute atomic E-state index is 11.9. The summed E-state index contributed by atoms with van der Waals surface area (Å²) >= 11 is 0. The Morgan fingerprint density at radius 1 is 1.33 bits per heavy atom. The van der Waals surface area contributed by atoms with E-state index < -0.39 is 0 Å². The van der Waals surface area contributed by atoms with Gasteiger partial charge >= 0.3 is 0 Å². The van der Waals surface area contributed by atoms with Crippen molar-refractivity contribution >= 4 is 5.78 Å². The zero-order chi connectivity index (χ0) is 13.3. The first-order chi connectivity index (χ1) is 8.19. The van der Waals surface area contributed by atoms with Crippen molar-refractivity contribution in [1.82, 2.24) is 0 Å². The van der Waals surface area contributed by atoms with Gasteiger partial charge in [-0.15, -0.1) is 0 Å². The lowest BCUT2D eigenvalue weighted by Gasteiger charge is -2.37. The average molecular weight is 246 g/mol. The number of ether oxygens (including phenoxy) is 1. The second kappa shape index (κ2) is 3.16. The van der Waals surface area contributed by atoms with Gasteiger partial charge in [-0.2, -0.15) is 0 Å². The highest BCUT2D eigenvalue weighted by molar-refractivity contribution is 6.06. The number of hydrogen-bond donors (Lipinski definition) is 0. The Kier molecular flexibility index (Phi) is 2.14. The molecule has 98 valence electrons. The lowest BCUT2D eigenvalue weighted by molar-refractivity contribution is -0.112. The Bertz CT molecular complexity index is 497. The fraction of sp³-hybridized carbons (Fsp3) is 0.688. The van der Waals surface area contributed by atoms with Crippen molar-refractivity contribution in [3.05, 3.63) is 23.3 Å². The lowest BCUT2D eigenvalue weighted by atomic mass is 9.70. The molecule has 1 saturated carbocycles. The Labute approximate surface area is 109 Å². The summed E-state index contributed by atoms with van der Waals surface area (Å²) in [5, 5.41) is 0. The molecule has 3 atom stereocenters. The lowest BCUT2D eigenvalue weighted by Crippen LogP contribution is -2.41. The van der Waals surface area contributed by atoms with Crippen LogP contribution in [0.2, 0.25) is 0 Å². The number of ketones is 1. The largest absolute Gasteiger partial charge is 0.360 e. The van der Waals surface area contributed by atoms with E-state index >= 15 is 0 Å². The number of carbonyl (C=O) groups excluding carboxylic acids is 1. The molecule has 0 bridgehead atoms. The Morgan fingerprint density at radius 2 is 2.00 bits per heavy atom. The fourth-order valence-electron chi connectivity index (χ4n) is 4.62. The standard InChI is InChI=1S/C16H22O2/c1-10-7-15(5)9-14(3,4)18-16(15)8-11(2)13(17)6-12(10)16/h6,8,10H,7,9H2,1-5H3/t10-,15+,16+/m0/s1. The van der Waals surface area contributed by atoms with Crippen LogP contribution in [-0.2, 0) is 9.53 Å². The molecule has 2 nitrogen and oxygen atoms in total. The van der Waals surface area contributed by atoms with Gasteiger partial charge in [0.25, 0.3) is 0 Å². The zero-order valence-corrected chi connectivity index (χ0v) is 12.0. The summed E-state index contributed by atoms with van der Waals surface area (Å²) in [6, 6.07) is 0. The molecule has 0 aromatic rings. The monoisotopic (exact) mass is 246 g/mol. The Morgan fingerprint density at radius 3 is 2.67 bits per heavy atom. The van der Waals surface area contributed by atoms with Gasteiger partial charge in [-0.05, 0) is 62.8 Å². The van der Waals surface area contributed by atoms with Crippen LogP contribution in [0.25, 0.3) is 0 Å². The fourth-order valence-corrected chi connectivity index (χ4v) is 4.62. The number of rotatable bonds is 0. The van der Waals surface area contributed by atoms with Crippen LogP contribution >= 0.6 is 0 Å². The minimum absolute atomic E-state index is 0.106. The van der Waals surface area contributed by atoms with E-state index in [9.17, 15) is 4.79 Å². The molecule has 18 heavy (non-hydrogen) atoms. The van der Waals surface area contributed by atoms with Gasteiger partial charge in [0.15, 0.2) is 5.78 Å². The Hall–Kier alpha value is -0.890. The first kappa shape index (κ1) is 12.2. The van der Waals surface area contributed by atoms with E-state index in [1.165, 1.54) is 5.57 Å². The molecular formula is C16H22O2. The molecule has 0 radical (unpaired) electrons. The van der Waals surface area contributed by atoms with Gasteiger partial charge in [0.2, 0.25) is 0 Å².